The molecule has 1 aliphatic rings. The summed E-state index contributed by atoms with van der Waals surface area (Å²) in [7, 11) is 0. The smallest absolute Gasteiger partial charge is 0.321 e. The molecule has 0 aliphatic carbocycles. The fraction of sp³-hybridized carbons (Fsp3) is 0.562. The lowest BCUT2D eigenvalue weighted by atomic mass is 9.99. The third kappa shape index (κ3) is 5.21. The summed E-state index contributed by atoms with van der Waals surface area (Å²) in [5, 5.41) is 7.03. The number of hydrogen-bond acceptors (Lipinski definition) is 2. The van der Waals surface area contributed by atoms with Gasteiger partial charge in [-0.15, -0.1) is 0 Å². The SMILES string of the molecule is CCCN(CC1CCCNC1)C(=O)Nc1ccc(Cl)cc1. The van der Waals surface area contributed by atoms with Gasteiger partial charge in [0.05, 0.1) is 0 Å². The predicted octanol–water partition coefficient (Wildman–Crippen LogP) is 3.58. The van der Waals surface area contributed by atoms with Gasteiger partial charge >= 0.3 is 6.03 Å². The number of carbonyl (C=O) groups is 1. The van der Waals surface area contributed by atoms with E-state index in [1.165, 1.54) is 12.8 Å². The molecule has 116 valence electrons. The van der Waals surface area contributed by atoms with E-state index in [0.717, 1.165) is 38.3 Å². The summed E-state index contributed by atoms with van der Waals surface area (Å²) in [5.41, 5.74) is 0.785. The van der Waals surface area contributed by atoms with Crippen molar-refractivity contribution in [3.63, 3.8) is 0 Å². The highest BCUT2D eigenvalue weighted by atomic mass is 35.5. The molecule has 1 heterocycles. The van der Waals surface area contributed by atoms with E-state index in [9.17, 15) is 4.79 Å². The zero-order valence-corrected chi connectivity index (χ0v) is 13.3. The Morgan fingerprint density at radius 3 is 2.81 bits per heavy atom. The number of hydrogen-bond donors (Lipinski definition) is 2. The fourth-order valence-corrected chi connectivity index (χ4v) is 2.80. The van der Waals surface area contributed by atoms with Gasteiger partial charge in [-0.1, -0.05) is 18.5 Å². The van der Waals surface area contributed by atoms with Crippen molar-refractivity contribution < 1.29 is 4.79 Å². The fourth-order valence-electron chi connectivity index (χ4n) is 2.67. The van der Waals surface area contributed by atoms with E-state index >= 15 is 0 Å². The zero-order chi connectivity index (χ0) is 15.1. The van der Waals surface area contributed by atoms with Crippen molar-refractivity contribution in [2.24, 2.45) is 5.92 Å². The number of halogens is 1. The molecule has 0 saturated carbocycles. The van der Waals surface area contributed by atoms with Crippen LogP contribution in [0.3, 0.4) is 0 Å². The molecule has 0 spiro atoms. The van der Waals surface area contributed by atoms with Gasteiger partial charge in [-0.3, -0.25) is 0 Å². The number of nitrogens with one attached hydrogen (secondary N) is 2. The molecule has 5 heteroatoms. The molecule has 0 bridgehead atoms. The normalized spacial score (nSPS) is 18.3. The van der Waals surface area contributed by atoms with Crippen LogP contribution in [0.1, 0.15) is 26.2 Å². The lowest BCUT2D eigenvalue weighted by Gasteiger charge is -2.30. The van der Waals surface area contributed by atoms with Crippen LogP contribution in [0.4, 0.5) is 10.5 Å². The molecule has 2 rings (SSSR count). The van der Waals surface area contributed by atoms with Crippen LogP contribution in [0.15, 0.2) is 24.3 Å². The van der Waals surface area contributed by atoms with Crippen LogP contribution >= 0.6 is 11.6 Å². The van der Waals surface area contributed by atoms with E-state index in [-0.39, 0.29) is 6.03 Å². The lowest BCUT2D eigenvalue weighted by molar-refractivity contribution is 0.193. The zero-order valence-electron chi connectivity index (χ0n) is 12.6. The summed E-state index contributed by atoms with van der Waals surface area (Å²) in [6, 6.07) is 7.20. The number of carbonyl (C=O) groups excluding carboxylic acids is 1. The highest BCUT2D eigenvalue weighted by Crippen LogP contribution is 2.16. The second-order valence-corrected chi connectivity index (χ2v) is 6.03. The average molecular weight is 310 g/mol. The minimum absolute atomic E-state index is 0.0234. The van der Waals surface area contributed by atoms with Gasteiger partial charge in [0.15, 0.2) is 0 Å². The van der Waals surface area contributed by atoms with Crippen molar-refractivity contribution in [1.82, 2.24) is 10.2 Å². The van der Waals surface area contributed by atoms with Gasteiger partial charge in [-0.2, -0.15) is 0 Å². The number of nitrogens with zero attached hydrogens (tertiary/aromatic N) is 1. The Bertz CT molecular complexity index is 443. The van der Waals surface area contributed by atoms with Crippen LogP contribution in [0.5, 0.6) is 0 Å². The maximum Gasteiger partial charge on any atom is 0.321 e. The van der Waals surface area contributed by atoms with Crippen LogP contribution in [0.2, 0.25) is 5.02 Å². The Morgan fingerprint density at radius 1 is 1.43 bits per heavy atom. The first-order valence-corrected chi connectivity index (χ1v) is 8.09. The van der Waals surface area contributed by atoms with Gasteiger partial charge in [-0.25, -0.2) is 4.79 Å². The molecule has 1 saturated heterocycles. The van der Waals surface area contributed by atoms with Crippen molar-refractivity contribution in [1.29, 1.82) is 0 Å². The third-order valence-corrected chi connectivity index (χ3v) is 4.01. The molecule has 2 amide bonds. The molecule has 1 aromatic rings. The van der Waals surface area contributed by atoms with Gasteiger partial charge in [0.1, 0.15) is 0 Å². The Kier molecular flexibility index (Phi) is 6.33. The van der Waals surface area contributed by atoms with E-state index < -0.39 is 0 Å². The Balaban J connectivity index is 1.92. The van der Waals surface area contributed by atoms with Gasteiger partial charge < -0.3 is 15.5 Å². The standard InChI is InChI=1S/C16H24ClN3O/c1-2-10-20(12-13-4-3-9-18-11-13)16(21)19-15-7-5-14(17)6-8-15/h5-8,13,18H,2-4,9-12H2,1H3,(H,19,21). The molecule has 4 nitrogen and oxygen atoms in total. The summed E-state index contributed by atoms with van der Waals surface area (Å²) < 4.78 is 0. The van der Waals surface area contributed by atoms with Crippen molar-refractivity contribution >= 4 is 23.3 Å². The van der Waals surface area contributed by atoms with Crippen molar-refractivity contribution in [3.8, 4) is 0 Å². The molecule has 0 aromatic heterocycles. The maximum atomic E-state index is 12.4. The quantitative estimate of drug-likeness (QED) is 0.873. The van der Waals surface area contributed by atoms with Crippen LogP contribution in [0, 0.1) is 5.92 Å². The second-order valence-electron chi connectivity index (χ2n) is 5.60. The molecule has 1 atom stereocenters. The first-order valence-electron chi connectivity index (χ1n) is 7.71. The van der Waals surface area contributed by atoms with E-state index in [1.54, 1.807) is 12.1 Å². The molecule has 1 aromatic carbocycles. The number of anilines is 1. The third-order valence-electron chi connectivity index (χ3n) is 3.75. The Labute approximate surface area is 131 Å². The van der Waals surface area contributed by atoms with Gasteiger partial charge in [-0.05, 0) is 62.5 Å². The van der Waals surface area contributed by atoms with Gasteiger partial charge in [0.2, 0.25) is 0 Å². The first kappa shape index (κ1) is 16.1. The van der Waals surface area contributed by atoms with Crippen molar-refractivity contribution in [2.45, 2.75) is 26.2 Å². The maximum absolute atomic E-state index is 12.4. The molecule has 1 aliphatic heterocycles. The first-order chi connectivity index (χ1) is 10.2. The number of piperidine rings is 1. The van der Waals surface area contributed by atoms with Crippen LogP contribution in [-0.4, -0.2) is 37.1 Å². The molecule has 21 heavy (non-hydrogen) atoms. The summed E-state index contributed by atoms with van der Waals surface area (Å²) in [6.07, 6.45) is 3.36. The van der Waals surface area contributed by atoms with Gasteiger partial charge in [0, 0.05) is 23.8 Å². The lowest BCUT2D eigenvalue weighted by Crippen LogP contribution is -2.43. The number of amides is 2. The molecule has 2 N–H and O–H groups in total. The summed E-state index contributed by atoms with van der Waals surface area (Å²) in [6.45, 7) is 5.81. The summed E-state index contributed by atoms with van der Waals surface area (Å²) >= 11 is 5.86. The van der Waals surface area contributed by atoms with Crippen molar-refractivity contribution in [3.05, 3.63) is 29.3 Å². The summed E-state index contributed by atoms with van der Waals surface area (Å²) in [4.78, 5) is 14.3. The van der Waals surface area contributed by atoms with E-state index in [4.69, 9.17) is 11.6 Å². The topological polar surface area (TPSA) is 44.4 Å². The molecular formula is C16H24ClN3O. The van der Waals surface area contributed by atoms with Crippen LogP contribution < -0.4 is 10.6 Å². The summed E-state index contributed by atoms with van der Waals surface area (Å²) in [5.74, 6) is 0.557. The monoisotopic (exact) mass is 309 g/mol. The minimum atomic E-state index is -0.0234. The van der Waals surface area contributed by atoms with Crippen molar-refractivity contribution in [2.75, 3.05) is 31.5 Å². The minimum Gasteiger partial charge on any atom is -0.324 e. The number of rotatable bonds is 5. The molecule has 1 fully saturated rings. The van der Waals surface area contributed by atoms with E-state index in [2.05, 4.69) is 17.6 Å². The molecule has 1 unspecified atom stereocenters. The highest BCUT2D eigenvalue weighted by Gasteiger charge is 2.20. The molecule has 0 radical (unpaired) electrons. The van der Waals surface area contributed by atoms with Crippen LogP contribution in [0.25, 0.3) is 0 Å². The van der Waals surface area contributed by atoms with Gasteiger partial charge in [0.25, 0.3) is 0 Å². The Morgan fingerprint density at radius 2 is 2.19 bits per heavy atom. The predicted molar refractivity (Wildman–Crippen MR) is 87.9 cm³/mol. The average Bonchev–Trinajstić information content (AvgIpc) is 2.50. The highest BCUT2D eigenvalue weighted by molar-refractivity contribution is 6.30. The van der Waals surface area contributed by atoms with E-state index in [0.29, 0.717) is 10.9 Å². The largest absolute Gasteiger partial charge is 0.324 e. The van der Waals surface area contributed by atoms with Crippen LogP contribution in [-0.2, 0) is 0 Å². The van der Waals surface area contributed by atoms with E-state index in [1.807, 2.05) is 17.0 Å². The number of benzene rings is 1. The Hall–Kier alpha value is -1.26. The molecular weight excluding hydrogens is 286 g/mol. The number of urea groups is 1. The second kappa shape index (κ2) is 8.25.